The average molecular weight is 1530 g/mol. The van der Waals surface area contributed by atoms with Crippen LogP contribution < -0.4 is 0 Å². The van der Waals surface area contributed by atoms with Crippen LogP contribution >= 0.6 is 15.6 Å². The van der Waals surface area contributed by atoms with E-state index in [1.807, 2.05) is 0 Å². The highest BCUT2D eigenvalue weighted by molar-refractivity contribution is 7.47. The van der Waals surface area contributed by atoms with E-state index >= 15 is 0 Å². The Bertz CT molecular complexity index is 2090. The van der Waals surface area contributed by atoms with Gasteiger partial charge in [0.25, 0.3) is 0 Å². The van der Waals surface area contributed by atoms with Crippen LogP contribution in [0.15, 0.2) is 24.3 Å². The van der Waals surface area contributed by atoms with Gasteiger partial charge in [0.15, 0.2) is 12.2 Å². The van der Waals surface area contributed by atoms with Crippen LogP contribution in [-0.4, -0.2) is 96.7 Å². The molecular weight excluding hydrogens is 1370 g/mol. The number of aliphatic hydroxyl groups excluding tert-OH is 1. The number of carbonyl (C=O) groups excluding carboxylic acids is 4. The molecule has 0 saturated heterocycles. The molecule has 0 heterocycles. The molecule has 0 aromatic carbocycles. The Hall–Kier alpha value is -2.46. The topological polar surface area (TPSA) is 237 Å². The number of ether oxygens (including phenoxy) is 4. The summed E-state index contributed by atoms with van der Waals surface area (Å²) in [6.45, 7) is 7.30. The van der Waals surface area contributed by atoms with E-state index in [1.165, 1.54) is 250 Å². The summed E-state index contributed by atoms with van der Waals surface area (Å²) < 4.78 is 68.9. The van der Waals surface area contributed by atoms with E-state index in [9.17, 15) is 43.2 Å². The normalized spacial score (nSPS) is 14.2. The maximum atomic E-state index is 13.1. The zero-order valence-electron chi connectivity index (χ0n) is 68.4. The van der Waals surface area contributed by atoms with Crippen molar-refractivity contribution < 1.29 is 80.2 Å². The molecule has 0 fully saturated rings. The summed E-state index contributed by atoms with van der Waals surface area (Å²) in [6, 6.07) is 0. The molecule has 0 saturated carbocycles. The molecule has 3 N–H and O–H groups in total. The Kier molecular flexibility index (Phi) is 76.4. The number of hydrogen-bond acceptors (Lipinski definition) is 15. The number of aliphatic hydroxyl groups is 1. The predicted octanol–water partition coefficient (Wildman–Crippen LogP) is 25.9. The Balaban J connectivity index is 5.28. The lowest BCUT2D eigenvalue weighted by Crippen LogP contribution is -2.30. The van der Waals surface area contributed by atoms with Crippen LogP contribution in [-0.2, 0) is 65.4 Å². The minimum absolute atomic E-state index is 0.0851. The molecule has 19 heteroatoms. The van der Waals surface area contributed by atoms with E-state index in [2.05, 4.69) is 58.9 Å². The lowest BCUT2D eigenvalue weighted by atomic mass is 9.99. The van der Waals surface area contributed by atoms with E-state index in [0.717, 1.165) is 109 Å². The minimum atomic E-state index is -4.97. The maximum Gasteiger partial charge on any atom is 0.472 e. The summed E-state index contributed by atoms with van der Waals surface area (Å²) in [6.07, 6.45) is 74.4. The van der Waals surface area contributed by atoms with Crippen LogP contribution in [0.25, 0.3) is 0 Å². The second kappa shape index (κ2) is 78.2. The minimum Gasteiger partial charge on any atom is -0.462 e. The van der Waals surface area contributed by atoms with Crippen LogP contribution in [0.1, 0.15) is 439 Å². The van der Waals surface area contributed by atoms with Crippen molar-refractivity contribution in [2.45, 2.75) is 457 Å². The molecule has 17 nitrogen and oxygen atoms in total. The molecule has 0 aromatic heterocycles. The molecule has 6 atom stereocenters. The first kappa shape index (κ1) is 103. The van der Waals surface area contributed by atoms with Gasteiger partial charge in [0.1, 0.15) is 19.3 Å². The molecule has 105 heavy (non-hydrogen) atoms. The zero-order chi connectivity index (χ0) is 76.9. The lowest BCUT2D eigenvalue weighted by molar-refractivity contribution is -0.161. The van der Waals surface area contributed by atoms with Crippen LogP contribution in [0.3, 0.4) is 0 Å². The van der Waals surface area contributed by atoms with Gasteiger partial charge in [-0.25, -0.2) is 9.13 Å². The number of carbonyl (C=O) groups is 4. The van der Waals surface area contributed by atoms with Gasteiger partial charge in [-0.3, -0.25) is 37.3 Å². The van der Waals surface area contributed by atoms with Crippen molar-refractivity contribution in [1.29, 1.82) is 0 Å². The van der Waals surface area contributed by atoms with Crippen molar-refractivity contribution in [2.75, 3.05) is 39.6 Å². The summed E-state index contributed by atoms with van der Waals surface area (Å²) in [4.78, 5) is 73.2. The third-order valence-electron chi connectivity index (χ3n) is 20.0. The van der Waals surface area contributed by atoms with Gasteiger partial charge in [-0.15, -0.1) is 0 Å². The largest absolute Gasteiger partial charge is 0.472 e. The van der Waals surface area contributed by atoms with Crippen molar-refractivity contribution in [3.63, 3.8) is 0 Å². The molecule has 0 aliphatic heterocycles. The van der Waals surface area contributed by atoms with Crippen molar-refractivity contribution in [3.05, 3.63) is 24.3 Å². The molecular formula is C86H164O17P2. The predicted molar refractivity (Wildman–Crippen MR) is 432 cm³/mol. The molecule has 620 valence electrons. The molecule has 3 unspecified atom stereocenters. The highest BCUT2D eigenvalue weighted by Gasteiger charge is 2.30. The quantitative estimate of drug-likeness (QED) is 0.0169. The lowest BCUT2D eigenvalue weighted by Gasteiger charge is -2.21. The van der Waals surface area contributed by atoms with Gasteiger partial charge >= 0.3 is 39.5 Å². The van der Waals surface area contributed by atoms with E-state index in [4.69, 9.17) is 37.0 Å². The fourth-order valence-electron chi connectivity index (χ4n) is 12.9. The standard InChI is InChI=1S/C86H164O17P2/c1-6-10-13-16-19-22-25-28-31-33-35-37-40-42-45-48-54-59-64-69-83(88)96-75-81(102-85(90)72-67-62-57-50-47-44-41-38-36-34-32-29-26-23-20-17-14-11-7-2)77-100-104(92,93)98-73-80(87)74-99-105(94,95)101-78-82(76-97-84(89)70-65-60-55-52-51-53-58-63-68-79(5)9-4)103-86(91)71-66-61-56-49-46-43-39-30-27-24-21-18-15-12-8-3/h24,27,30,39,79-82,87H,6-23,25-26,28-29,31-38,40-78H2,1-5H3,(H,92,93)(H,94,95)/b27-24-,39-30-/t79?,80-,81-,82-/m1/s1. The monoisotopic (exact) mass is 1530 g/mol. The van der Waals surface area contributed by atoms with Gasteiger partial charge in [0.05, 0.1) is 26.4 Å². The second-order valence-corrected chi connectivity index (χ2v) is 33.4. The SMILES string of the molecule is CCCCCC/C=C\C=C/CCCCCCCC(=O)O[C@H](COC(=O)CCCCCCCCCCC(C)CC)COP(=O)(O)OC[C@H](O)COP(=O)(O)OC[C@@H](COC(=O)CCCCCCCCCCCCCCCCCCCCC)OC(=O)CCCCCCCCCCCCCCCCCCCCC. The summed E-state index contributed by atoms with van der Waals surface area (Å²) in [5.74, 6) is -1.36. The van der Waals surface area contributed by atoms with Gasteiger partial charge in [-0.05, 0) is 57.3 Å². The Morgan fingerprint density at radius 2 is 0.533 bits per heavy atom. The molecule has 0 aliphatic rings. The van der Waals surface area contributed by atoms with Crippen molar-refractivity contribution in [2.24, 2.45) is 5.92 Å². The van der Waals surface area contributed by atoms with Gasteiger partial charge in [0.2, 0.25) is 0 Å². The third-order valence-corrected chi connectivity index (χ3v) is 21.9. The summed E-state index contributed by atoms with van der Waals surface area (Å²) in [5, 5.41) is 10.7. The van der Waals surface area contributed by atoms with Crippen molar-refractivity contribution in [3.8, 4) is 0 Å². The third kappa shape index (κ3) is 78.0. The van der Waals surface area contributed by atoms with Crippen molar-refractivity contribution >= 4 is 39.5 Å². The van der Waals surface area contributed by atoms with Crippen LogP contribution in [0.5, 0.6) is 0 Å². The van der Waals surface area contributed by atoms with Gasteiger partial charge < -0.3 is 33.8 Å². The number of unbranched alkanes of at least 4 members (excludes halogenated alkanes) is 52. The van der Waals surface area contributed by atoms with Gasteiger partial charge in [0, 0.05) is 25.7 Å². The summed E-state index contributed by atoms with van der Waals surface area (Å²) in [5.41, 5.74) is 0. The Morgan fingerprint density at radius 1 is 0.305 bits per heavy atom. The first-order chi connectivity index (χ1) is 51.1. The van der Waals surface area contributed by atoms with E-state index in [0.29, 0.717) is 25.7 Å². The summed E-state index contributed by atoms with van der Waals surface area (Å²) >= 11 is 0. The Morgan fingerprint density at radius 3 is 0.810 bits per heavy atom. The molecule has 0 aliphatic carbocycles. The molecule has 0 aromatic rings. The molecule has 0 radical (unpaired) electrons. The zero-order valence-corrected chi connectivity index (χ0v) is 70.1. The van der Waals surface area contributed by atoms with Gasteiger partial charge in [-0.1, -0.05) is 386 Å². The summed E-state index contributed by atoms with van der Waals surface area (Å²) in [7, 11) is -9.94. The van der Waals surface area contributed by atoms with E-state index < -0.39 is 97.5 Å². The van der Waals surface area contributed by atoms with Crippen LogP contribution in [0, 0.1) is 5.92 Å². The Labute approximate surface area is 643 Å². The number of allylic oxidation sites excluding steroid dienone is 4. The fourth-order valence-corrected chi connectivity index (χ4v) is 14.5. The molecule has 0 spiro atoms. The highest BCUT2D eigenvalue weighted by Crippen LogP contribution is 2.45. The molecule has 0 bridgehead atoms. The van der Waals surface area contributed by atoms with Crippen LogP contribution in [0.4, 0.5) is 0 Å². The number of esters is 4. The van der Waals surface area contributed by atoms with E-state index in [1.54, 1.807) is 0 Å². The first-order valence-electron chi connectivity index (χ1n) is 44.0. The van der Waals surface area contributed by atoms with Gasteiger partial charge in [-0.2, -0.15) is 0 Å². The van der Waals surface area contributed by atoms with Crippen LogP contribution in [0.2, 0.25) is 0 Å². The van der Waals surface area contributed by atoms with Crippen molar-refractivity contribution in [1.82, 2.24) is 0 Å². The average Bonchev–Trinajstić information content (AvgIpc) is 0.962. The number of hydrogen-bond donors (Lipinski definition) is 3. The second-order valence-electron chi connectivity index (χ2n) is 30.5. The maximum absolute atomic E-state index is 13.1. The first-order valence-corrected chi connectivity index (χ1v) is 47.0. The highest BCUT2D eigenvalue weighted by atomic mass is 31.2. The molecule has 0 rings (SSSR count). The van der Waals surface area contributed by atoms with E-state index in [-0.39, 0.29) is 25.7 Å². The molecule has 0 amide bonds. The number of rotatable bonds is 84. The smallest absolute Gasteiger partial charge is 0.462 e. The number of phosphoric ester groups is 2. The fraction of sp³-hybridized carbons (Fsp3) is 0.907. The number of phosphoric acid groups is 2.